The monoisotopic (exact) mass is 267 g/mol. The quantitative estimate of drug-likeness (QED) is 0.666. The van der Waals surface area contributed by atoms with Crippen molar-refractivity contribution >= 4 is 0 Å². The molecule has 1 nitrogen and oxygen atoms in total. The van der Waals surface area contributed by atoms with Gasteiger partial charge < -0.3 is 0 Å². The van der Waals surface area contributed by atoms with Gasteiger partial charge in [-0.25, -0.2) is 0 Å². The summed E-state index contributed by atoms with van der Waals surface area (Å²) in [6, 6.07) is 0.755. The van der Waals surface area contributed by atoms with Gasteiger partial charge in [-0.3, -0.25) is 4.90 Å². The van der Waals surface area contributed by atoms with Gasteiger partial charge in [-0.2, -0.15) is 0 Å². The second kappa shape index (κ2) is 6.16. The highest BCUT2D eigenvalue weighted by molar-refractivity contribution is 4.89. The second-order valence-corrected chi connectivity index (χ2v) is 8.75. The molecule has 0 aliphatic heterocycles. The van der Waals surface area contributed by atoms with Gasteiger partial charge in [0.25, 0.3) is 0 Å². The Balaban J connectivity index is 2.76. The lowest BCUT2D eigenvalue weighted by Crippen LogP contribution is -2.49. The molecule has 3 unspecified atom stereocenters. The standard InChI is InChI=1S/C18H37N/c1-9-16(19(8)18(5,6)7)14-11-10-12-15(13-14)17(2,3)4/h14-16H,9-13H2,1-8H3. The molecule has 1 aliphatic carbocycles. The minimum atomic E-state index is 0.287. The van der Waals surface area contributed by atoms with Crippen LogP contribution in [0.2, 0.25) is 0 Å². The van der Waals surface area contributed by atoms with Gasteiger partial charge in [0.2, 0.25) is 0 Å². The van der Waals surface area contributed by atoms with Crippen LogP contribution in [-0.2, 0) is 0 Å². The molecule has 1 saturated carbocycles. The van der Waals surface area contributed by atoms with Crippen LogP contribution in [-0.4, -0.2) is 23.5 Å². The first-order valence-corrected chi connectivity index (χ1v) is 8.30. The number of hydrogen-bond donors (Lipinski definition) is 0. The predicted octanol–water partition coefficient (Wildman–Crippen LogP) is 5.35. The molecule has 3 atom stereocenters. The van der Waals surface area contributed by atoms with Crippen LogP contribution in [0.5, 0.6) is 0 Å². The summed E-state index contributed by atoms with van der Waals surface area (Å²) < 4.78 is 0. The molecule has 0 aromatic carbocycles. The number of nitrogens with zero attached hydrogens (tertiary/aromatic N) is 1. The first kappa shape index (κ1) is 17.0. The van der Waals surface area contributed by atoms with E-state index in [0.717, 1.165) is 17.9 Å². The molecule has 19 heavy (non-hydrogen) atoms. The highest BCUT2D eigenvalue weighted by atomic mass is 15.2. The van der Waals surface area contributed by atoms with E-state index in [2.05, 4.69) is 60.4 Å². The molecule has 0 radical (unpaired) electrons. The molecule has 1 heteroatoms. The van der Waals surface area contributed by atoms with Crippen LogP contribution >= 0.6 is 0 Å². The van der Waals surface area contributed by atoms with Gasteiger partial charge >= 0.3 is 0 Å². The topological polar surface area (TPSA) is 3.24 Å². The third kappa shape index (κ3) is 4.48. The van der Waals surface area contributed by atoms with Crippen LogP contribution in [0.15, 0.2) is 0 Å². The summed E-state index contributed by atoms with van der Waals surface area (Å²) in [6.07, 6.45) is 7.03. The minimum Gasteiger partial charge on any atom is -0.298 e. The molecule has 0 heterocycles. The first-order chi connectivity index (χ1) is 8.57. The molecule has 0 aromatic heterocycles. The third-order valence-corrected chi connectivity index (χ3v) is 5.46. The smallest absolute Gasteiger partial charge is 0.0125 e. The maximum absolute atomic E-state index is 2.63. The molecular weight excluding hydrogens is 230 g/mol. The third-order valence-electron chi connectivity index (χ3n) is 5.46. The van der Waals surface area contributed by atoms with Gasteiger partial charge in [0, 0.05) is 11.6 Å². The van der Waals surface area contributed by atoms with E-state index < -0.39 is 0 Å². The zero-order valence-corrected chi connectivity index (χ0v) is 14.7. The Morgan fingerprint density at radius 2 is 1.63 bits per heavy atom. The molecule has 0 amide bonds. The van der Waals surface area contributed by atoms with E-state index in [-0.39, 0.29) is 5.54 Å². The van der Waals surface area contributed by atoms with Crippen LogP contribution in [0.4, 0.5) is 0 Å². The Bertz CT molecular complexity index is 268. The van der Waals surface area contributed by atoms with Crippen molar-refractivity contribution < 1.29 is 0 Å². The van der Waals surface area contributed by atoms with Crippen LogP contribution in [0.1, 0.15) is 80.6 Å². The Labute approximate surface area is 122 Å². The molecule has 114 valence electrons. The number of hydrogen-bond acceptors (Lipinski definition) is 1. The maximum atomic E-state index is 2.63. The Morgan fingerprint density at radius 3 is 2.05 bits per heavy atom. The van der Waals surface area contributed by atoms with Crippen molar-refractivity contribution in [3.8, 4) is 0 Å². The summed E-state index contributed by atoms with van der Waals surface area (Å²) in [4.78, 5) is 2.63. The SMILES string of the molecule is CCC(C1CCCC(C(C)(C)C)C1)N(C)C(C)(C)C. The maximum Gasteiger partial charge on any atom is 0.0125 e. The van der Waals surface area contributed by atoms with E-state index in [4.69, 9.17) is 0 Å². The summed E-state index contributed by atoms with van der Waals surface area (Å²) in [5.74, 6) is 1.81. The molecule has 1 fully saturated rings. The van der Waals surface area contributed by atoms with Crippen LogP contribution in [0, 0.1) is 17.3 Å². The fourth-order valence-electron chi connectivity index (χ4n) is 3.78. The summed E-state index contributed by atoms with van der Waals surface area (Å²) in [7, 11) is 2.33. The molecular formula is C18H37N. The van der Waals surface area contributed by atoms with Crippen LogP contribution in [0.25, 0.3) is 0 Å². The largest absolute Gasteiger partial charge is 0.298 e. The average Bonchev–Trinajstić information content (AvgIpc) is 2.28. The van der Waals surface area contributed by atoms with Gasteiger partial charge in [0.15, 0.2) is 0 Å². The Morgan fingerprint density at radius 1 is 1.05 bits per heavy atom. The van der Waals surface area contributed by atoms with Crippen molar-refractivity contribution in [3.63, 3.8) is 0 Å². The highest BCUT2D eigenvalue weighted by Gasteiger charge is 2.36. The van der Waals surface area contributed by atoms with Crippen molar-refractivity contribution in [2.45, 2.75) is 92.2 Å². The zero-order valence-electron chi connectivity index (χ0n) is 14.7. The lowest BCUT2D eigenvalue weighted by atomic mass is 9.67. The summed E-state index contributed by atoms with van der Waals surface area (Å²) in [5.41, 5.74) is 0.770. The summed E-state index contributed by atoms with van der Waals surface area (Å²) >= 11 is 0. The zero-order chi connectivity index (χ0) is 14.8. The molecule has 1 rings (SSSR count). The first-order valence-electron chi connectivity index (χ1n) is 8.30. The van der Waals surface area contributed by atoms with Gasteiger partial charge in [-0.05, 0) is 70.8 Å². The lowest BCUT2D eigenvalue weighted by molar-refractivity contribution is 0.0340. The van der Waals surface area contributed by atoms with Crippen molar-refractivity contribution in [1.82, 2.24) is 4.90 Å². The molecule has 0 saturated heterocycles. The molecule has 0 spiro atoms. The molecule has 0 bridgehead atoms. The normalized spacial score (nSPS) is 27.6. The van der Waals surface area contributed by atoms with Crippen LogP contribution < -0.4 is 0 Å². The second-order valence-electron chi connectivity index (χ2n) is 8.75. The predicted molar refractivity (Wildman–Crippen MR) is 86.5 cm³/mol. The van der Waals surface area contributed by atoms with Crippen molar-refractivity contribution in [2.24, 2.45) is 17.3 Å². The van der Waals surface area contributed by atoms with Crippen LogP contribution in [0.3, 0.4) is 0 Å². The van der Waals surface area contributed by atoms with Gasteiger partial charge in [0.1, 0.15) is 0 Å². The van der Waals surface area contributed by atoms with Gasteiger partial charge in [-0.1, -0.05) is 34.1 Å². The van der Waals surface area contributed by atoms with Gasteiger partial charge in [-0.15, -0.1) is 0 Å². The van der Waals surface area contributed by atoms with E-state index in [1.165, 1.54) is 32.1 Å². The van der Waals surface area contributed by atoms with Crippen molar-refractivity contribution in [3.05, 3.63) is 0 Å². The van der Waals surface area contributed by atoms with E-state index >= 15 is 0 Å². The summed E-state index contributed by atoms with van der Waals surface area (Å²) in [5, 5.41) is 0. The number of rotatable bonds is 3. The lowest BCUT2D eigenvalue weighted by Gasteiger charge is -2.46. The molecule has 0 N–H and O–H groups in total. The molecule has 0 aromatic rings. The fourth-order valence-corrected chi connectivity index (χ4v) is 3.78. The fraction of sp³-hybridized carbons (Fsp3) is 1.00. The molecule has 1 aliphatic rings. The minimum absolute atomic E-state index is 0.287. The van der Waals surface area contributed by atoms with E-state index in [0.29, 0.717) is 5.41 Å². The van der Waals surface area contributed by atoms with Gasteiger partial charge in [0.05, 0.1) is 0 Å². The van der Waals surface area contributed by atoms with E-state index in [1.807, 2.05) is 0 Å². The Kier molecular flexibility index (Phi) is 5.52. The van der Waals surface area contributed by atoms with Crippen molar-refractivity contribution in [1.29, 1.82) is 0 Å². The highest BCUT2D eigenvalue weighted by Crippen LogP contribution is 2.43. The average molecular weight is 268 g/mol. The summed E-state index contributed by atoms with van der Waals surface area (Å²) in [6.45, 7) is 16.7. The Hall–Kier alpha value is -0.0400. The van der Waals surface area contributed by atoms with Crippen molar-refractivity contribution in [2.75, 3.05) is 7.05 Å². The van der Waals surface area contributed by atoms with E-state index in [9.17, 15) is 0 Å². The van der Waals surface area contributed by atoms with E-state index in [1.54, 1.807) is 0 Å².